The molecule has 1 atom stereocenters. The monoisotopic (exact) mass is 309 g/mol. The molecule has 0 amide bonds. The third-order valence-electron chi connectivity index (χ3n) is 4.07. The van der Waals surface area contributed by atoms with Crippen LogP contribution in [0.4, 0.5) is 0 Å². The summed E-state index contributed by atoms with van der Waals surface area (Å²) in [6.07, 6.45) is 5.13. The van der Waals surface area contributed by atoms with Gasteiger partial charge in [-0.15, -0.1) is 0 Å². The lowest BCUT2D eigenvalue weighted by Gasteiger charge is -2.32. The van der Waals surface area contributed by atoms with Crippen molar-refractivity contribution in [2.75, 3.05) is 19.8 Å². The van der Waals surface area contributed by atoms with Crippen molar-refractivity contribution in [3.63, 3.8) is 0 Å². The topological polar surface area (TPSA) is 38.8 Å². The number of likely N-dealkylation sites (tertiary alicyclic amines) is 1. The molecule has 1 unspecified atom stereocenters. The molecule has 1 aromatic carbocycles. The Kier molecular flexibility index (Phi) is 4.66. The average Bonchev–Trinajstić information content (AvgIpc) is 2.73. The van der Waals surface area contributed by atoms with E-state index in [1.807, 2.05) is 12.1 Å². The predicted octanol–water partition coefficient (Wildman–Crippen LogP) is 3.05. The fraction of sp³-hybridized carbons (Fsp3) is 0.562. The first-order valence-electron chi connectivity index (χ1n) is 7.55. The highest BCUT2D eigenvalue weighted by Crippen LogP contribution is 2.38. The fourth-order valence-corrected chi connectivity index (χ4v) is 3.26. The summed E-state index contributed by atoms with van der Waals surface area (Å²) in [6.45, 7) is 2.95. The Balaban J connectivity index is 1.80. The SMILES string of the molecule is O=CC1CCCCN1Cc1cc(Cl)c2c(c1)OCCCO2. The van der Waals surface area contributed by atoms with E-state index in [9.17, 15) is 4.79 Å². The van der Waals surface area contributed by atoms with Crippen molar-refractivity contribution in [2.24, 2.45) is 0 Å². The van der Waals surface area contributed by atoms with Crippen molar-refractivity contribution < 1.29 is 14.3 Å². The molecule has 2 aliphatic heterocycles. The van der Waals surface area contributed by atoms with Gasteiger partial charge in [-0.25, -0.2) is 0 Å². The zero-order valence-electron chi connectivity index (χ0n) is 12.0. The predicted molar refractivity (Wildman–Crippen MR) is 81.2 cm³/mol. The van der Waals surface area contributed by atoms with Crippen LogP contribution in [-0.4, -0.2) is 37.0 Å². The molecule has 4 nitrogen and oxygen atoms in total. The van der Waals surface area contributed by atoms with Crippen molar-refractivity contribution in [1.29, 1.82) is 0 Å². The number of hydrogen-bond acceptors (Lipinski definition) is 4. The minimum absolute atomic E-state index is 0.0218. The lowest BCUT2D eigenvalue weighted by molar-refractivity contribution is -0.113. The number of hydrogen-bond donors (Lipinski definition) is 0. The highest BCUT2D eigenvalue weighted by molar-refractivity contribution is 6.32. The molecular formula is C16H20ClNO3. The highest BCUT2D eigenvalue weighted by atomic mass is 35.5. The molecule has 0 saturated carbocycles. The quantitative estimate of drug-likeness (QED) is 0.804. The van der Waals surface area contributed by atoms with Crippen molar-refractivity contribution >= 4 is 17.9 Å². The fourth-order valence-electron chi connectivity index (χ4n) is 2.98. The molecule has 0 aliphatic carbocycles. The maximum absolute atomic E-state index is 11.2. The number of carbonyl (C=O) groups excluding carboxylic acids is 1. The number of piperidine rings is 1. The second-order valence-corrected chi connectivity index (χ2v) is 6.03. The van der Waals surface area contributed by atoms with Crippen molar-refractivity contribution in [3.8, 4) is 11.5 Å². The van der Waals surface area contributed by atoms with E-state index in [4.69, 9.17) is 21.1 Å². The summed E-state index contributed by atoms with van der Waals surface area (Å²) < 4.78 is 11.4. The van der Waals surface area contributed by atoms with E-state index in [0.29, 0.717) is 24.0 Å². The van der Waals surface area contributed by atoms with Gasteiger partial charge < -0.3 is 14.3 Å². The van der Waals surface area contributed by atoms with Gasteiger partial charge in [-0.2, -0.15) is 0 Å². The molecule has 0 N–H and O–H groups in total. The smallest absolute Gasteiger partial charge is 0.179 e. The van der Waals surface area contributed by atoms with Crippen LogP contribution in [-0.2, 0) is 11.3 Å². The van der Waals surface area contributed by atoms with Gasteiger partial charge in [-0.05, 0) is 37.1 Å². The third kappa shape index (κ3) is 3.33. The lowest BCUT2D eigenvalue weighted by Crippen LogP contribution is -2.39. The Morgan fingerprint density at radius 1 is 1.24 bits per heavy atom. The van der Waals surface area contributed by atoms with Gasteiger partial charge in [-0.1, -0.05) is 18.0 Å². The molecule has 0 bridgehead atoms. The molecule has 0 aromatic heterocycles. The molecule has 0 spiro atoms. The number of rotatable bonds is 3. The molecule has 21 heavy (non-hydrogen) atoms. The standard InChI is InChI=1S/C16H20ClNO3/c17-14-8-12(9-15-16(14)21-7-3-6-20-15)10-18-5-2-1-4-13(18)11-19/h8-9,11,13H,1-7,10H2. The number of halogens is 1. The van der Waals surface area contributed by atoms with Crippen LogP contribution < -0.4 is 9.47 Å². The van der Waals surface area contributed by atoms with Crippen molar-refractivity contribution in [1.82, 2.24) is 4.90 Å². The van der Waals surface area contributed by atoms with Crippen LogP contribution in [0, 0.1) is 0 Å². The Morgan fingerprint density at radius 3 is 2.95 bits per heavy atom. The lowest BCUT2D eigenvalue weighted by atomic mass is 10.0. The molecule has 1 saturated heterocycles. The molecule has 3 rings (SSSR count). The van der Waals surface area contributed by atoms with Gasteiger partial charge in [0.1, 0.15) is 6.29 Å². The summed E-state index contributed by atoms with van der Waals surface area (Å²) in [5, 5.41) is 0.587. The van der Waals surface area contributed by atoms with Crippen LogP contribution in [0.5, 0.6) is 11.5 Å². The first-order valence-corrected chi connectivity index (χ1v) is 7.93. The van der Waals surface area contributed by atoms with Gasteiger partial charge in [-0.3, -0.25) is 4.90 Å². The van der Waals surface area contributed by atoms with Crippen LogP contribution in [0.1, 0.15) is 31.2 Å². The molecule has 2 heterocycles. The minimum atomic E-state index is 0.0218. The summed E-state index contributed by atoms with van der Waals surface area (Å²) in [7, 11) is 0. The first-order chi connectivity index (χ1) is 10.3. The number of aldehydes is 1. The normalized spacial score (nSPS) is 22.6. The molecule has 5 heteroatoms. The highest BCUT2D eigenvalue weighted by Gasteiger charge is 2.23. The second kappa shape index (κ2) is 6.67. The van der Waals surface area contributed by atoms with Gasteiger partial charge in [0.15, 0.2) is 11.5 Å². The van der Waals surface area contributed by atoms with E-state index in [1.165, 1.54) is 0 Å². The van der Waals surface area contributed by atoms with Crippen LogP contribution >= 0.6 is 11.6 Å². The van der Waals surface area contributed by atoms with Gasteiger partial charge in [0.25, 0.3) is 0 Å². The number of carbonyl (C=O) groups is 1. The maximum Gasteiger partial charge on any atom is 0.179 e. The van der Waals surface area contributed by atoms with Gasteiger partial charge in [0.2, 0.25) is 0 Å². The summed E-state index contributed by atoms with van der Waals surface area (Å²) in [4.78, 5) is 13.4. The molecule has 1 fully saturated rings. The molecule has 1 aromatic rings. The summed E-state index contributed by atoms with van der Waals surface area (Å²) in [5.74, 6) is 1.36. The zero-order chi connectivity index (χ0) is 14.7. The van der Waals surface area contributed by atoms with Gasteiger partial charge in [0, 0.05) is 13.0 Å². The Morgan fingerprint density at radius 2 is 2.10 bits per heavy atom. The largest absolute Gasteiger partial charge is 0.489 e. The molecule has 2 aliphatic rings. The van der Waals surface area contributed by atoms with E-state index in [0.717, 1.165) is 56.4 Å². The van der Waals surface area contributed by atoms with E-state index in [-0.39, 0.29) is 6.04 Å². The number of ether oxygens (including phenoxy) is 2. The van der Waals surface area contributed by atoms with Crippen molar-refractivity contribution in [3.05, 3.63) is 22.7 Å². The summed E-state index contributed by atoms with van der Waals surface area (Å²) >= 11 is 6.31. The Labute approximate surface area is 130 Å². The summed E-state index contributed by atoms with van der Waals surface area (Å²) in [5.41, 5.74) is 1.07. The maximum atomic E-state index is 11.2. The minimum Gasteiger partial charge on any atom is -0.489 e. The molecular weight excluding hydrogens is 290 g/mol. The van der Waals surface area contributed by atoms with E-state index >= 15 is 0 Å². The van der Waals surface area contributed by atoms with Crippen LogP contribution in [0.25, 0.3) is 0 Å². The van der Waals surface area contributed by atoms with E-state index in [2.05, 4.69) is 4.90 Å². The van der Waals surface area contributed by atoms with Crippen LogP contribution in [0.15, 0.2) is 12.1 Å². The molecule has 0 radical (unpaired) electrons. The van der Waals surface area contributed by atoms with E-state index in [1.54, 1.807) is 0 Å². The zero-order valence-corrected chi connectivity index (χ0v) is 12.8. The van der Waals surface area contributed by atoms with Crippen LogP contribution in [0.2, 0.25) is 5.02 Å². The Hall–Kier alpha value is -1.26. The van der Waals surface area contributed by atoms with Crippen LogP contribution in [0.3, 0.4) is 0 Å². The summed E-state index contributed by atoms with van der Waals surface area (Å²) in [6, 6.07) is 3.93. The number of fused-ring (bicyclic) bond motifs is 1. The molecule has 114 valence electrons. The Bertz CT molecular complexity index is 520. The second-order valence-electron chi connectivity index (χ2n) is 5.63. The van der Waals surface area contributed by atoms with Gasteiger partial charge >= 0.3 is 0 Å². The van der Waals surface area contributed by atoms with Crippen molar-refractivity contribution in [2.45, 2.75) is 38.3 Å². The third-order valence-corrected chi connectivity index (χ3v) is 4.35. The number of benzene rings is 1. The first kappa shape index (κ1) is 14.7. The number of nitrogens with zero attached hydrogens (tertiary/aromatic N) is 1. The van der Waals surface area contributed by atoms with Gasteiger partial charge in [0.05, 0.1) is 24.3 Å². The average molecular weight is 310 g/mol. The van der Waals surface area contributed by atoms with E-state index < -0.39 is 0 Å².